The van der Waals surface area contributed by atoms with Gasteiger partial charge >= 0.3 is 0 Å². The number of carbonyl (C=O) groups excluding carboxylic acids is 1. The monoisotopic (exact) mass is 450 g/mol. The number of para-hydroxylation sites is 1. The van der Waals surface area contributed by atoms with Gasteiger partial charge in [0.25, 0.3) is 0 Å². The Balaban J connectivity index is 1.36. The maximum atomic E-state index is 12.8. The Hall–Kier alpha value is -2.36. The van der Waals surface area contributed by atoms with Crippen LogP contribution in [0.5, 0.6) is 0 Å². The van der Waals surface area contributed by atoms with Gasteiger partial charge in [-0.15, -0.1) is 11.3 Å². The van der Waals surface area contributed by atoms with Crippen molar-refractivity contribution in [3.8, 4) is 6.07 Å². The first-order valence-corrected chi connectivity index (χ1v) is 12.6. The molecule has 1 aromatic carbocycles. The minimum absolute atomic E-state index is 0.0151. The first-order valence-electron chi connectivity index (χ1n) is 11.8. The van der Waals surface area contributed by atoms with Crippen molar-refractivity contribution in [3.05, 3.63) is 46.3 Å². The van der Waals surface area contributed by atoms with Crippen LogP contribution in [0.2, 0.25) is 0 Å². The average molecular weight is 451 g/mol. The smallest absolute Gasteiger partial charge is 0.239 e. The van der Waals surface area contributed by atoms with Crippen LogP contribution < -0.4 is 10.2 Å². The predicted octanol–water partition coefficient (Wildman–Crippen LogP) is 4.92. The summed E-state index contributed by atoms with van der Waals surface area (Å²) in [7, 11) is 0. The van der Waals surface area contributed by atoms with Gasteiger partial charge in [-0.25, -0.2) is 0 Å². The van der Waals surface area contributed by atoms with Gasteiger partial charge in [-0.05, 0) is 48.3 Å². The summed E-state index contributed by atoms with van der Waals surface area (Å²) in [5, 5.41) is 13.6. The third-order valence-corrected chi connectivity index (χ3v) is 8.68. The number of nitrogens with one attached hydrogen (secondary N) is 1. The zero-order valence-corrected chi connectivity index (χ0v) is 20.3. The molecule has 2 aromatic rings. The largest absolute Gasteiger partial charge is 0.369 e. The Kier molecular flexibility index (Phi) is 6.88. The Morgan fingerprint density at radius 1 is 1.22 bits per heavy atom. The molecule has 1 saturated heterocycles. The molecule has 0 radical (unpaired) electrons. The molecule has 1 aromatic heterocycles. The third kappa shape index (κ3) is 4.84. The SMILES string of the molecule is CCC(C)(C)[C@@H]1CCc2c(sc(NC(=O)CN3CCN(c4ccccc4)CC3)c2C#N)C1. The lowest BCUT2D eigenvalue weighted by atomic mass is 9.69. The number of amides is 1. The van der Waals surface area contributed by atoms with Gasteiger partial charge < -0.3 is 10.2 Å². The molecule has 170 valence electrons. The highest BCUT2D eigenvalue weighted by Gasteiger charge is 2.34. The first kappa shape index (κ1) is 22.8. The fourth-order valence-corrected chi connectivity index (χ4v) is 6.21. The zero-order chi connectivity index (χ0) is 22.7. The molecular formula is C26H34N4OS. The number of anilines is 2. The maximum Gasteiger partial charge on any atom is 0.239 e. The lowest BCUT2D eigenvalue weighted by molar-refractivity contribution is -0.117. The van der Waals surface area contributed by atoms with Crippen LogP contribution in [-0.2, 0) is 17.6 Å². The van der Waals surface area contributed by atoms with Crippen molar-refractivity contribution in [2.45, 2.75) is 46.5 Å². The molecule has 32 heavy (non-hydrogen) atoms. The van der Waals surface area contributed by atoms with E-state index in [0.717, 1.165) is 56.9 Å². The summed E-state index contributed by atoms with van der Waals surface area (Å²) in [5.74, 6) is 0.619. The van der Waals surface area contributed by atoms with Crippen molar-refractivity contribution in [1.29, 1.82) is 5.26 Å². The summed E-state index contributed by atoms with van der Waals surface area (Å²) in [6, 6.07) is 12.8. The second-order valence-electron chi connectivity index (χ2n) is 9.75. The fourth-order valence-electron chi connectivity index (χ4n) is 4.92. The number of nitrogens with zero attached hydrogens (tertiary/aromatic N) is 3. The van der Waals surface area contributed by atoms with Gasteiger partial charge in [0.15, 0.2) is 0 Å². The highest BCUT2D eigenvalue weighted by molar-refractivity contribution is 7.16. The van der Waals surface area contributed by atoms with Crippen LogP contribution in [0.15, 0.2) is 30.3 Å². The summed E-state index contributed by atoms with van der Waals surface area (Å²) >= 11 is 1.62. The molecule has 1 atom stereocenters. The van der Waals surface area contributed by atoms with E-state index in [-0.39, 0.29) is 5.91 Å². The van der Waals surface area contributed by atoms with Crippen molar-refractivity contribution < 1.29 is 4.79 Å². The topological polar surface area (TPSA) is 59.4 Å². The van der Waals surface area contributed by atoms with E-state index in [1.54, 1.807) is 11.3 Å². The molecule has 2 heterocycles. The minimum Gasteiger partial charge on any atom is -0.369 e. The molecule has 2 aliphatic rings. The number of piperazine rings is 1. The molecule has 4 rings (SSSR count). The molecule has 1 N–H and O–H groups in total. The van der Waals surface area contributed by atoms with E-state index >= 15 is 0 Å². The second-order valence-corrected chi connectivity index (χ2v) is 10.9. The molecule has 0 saturated carbocycles. The van der Waals surface area contributed by atoms with E-state index in [0.29, 0.717) is 23.4 Å². The van der Waals surface area contributed by atoms with Crippen LogP contribution in [0.3, 0.4) is 0 Å². The third-order valence-electron chi connectivity index (χ3n) is 7.51. The van der Waals surface area contributed by atoms with Crippen molar-refractivity contribution in [2.75, 3.05) is 42.9 Å². The molecule has 1 fully saturated rings. The number of benzene rings is 1. The molecular weight excluding hydrogens is 416 g/mol. The van der Waals surface area contributed by atoms with Crippen LogP contribution in [-0.4, -0.2) is 43.5 Å². The second kappa shape index (κ2) is 9.64. The van der Waals surface area contributed by atoms with Crippen LogP contribution in [0.25, 0.3) is 0 Å². The lowest BCUT2D eigenvalue weighted by Gasteiger charge is -2.36. The fraction of sp³-hybridized carbons (Fsp3) is 0.538. The summed E-state index contributed by atoms with van der Waals surface area (Å²) in [6.45, 7) is 10.9. The predicted molar refractivity (Wildman–Crippen MR) is 132 cm³/mol. The number of rotatable bonds is 6. The van der Waals surface area contributed by atoms with Crippen LogP contribution >= 0.6 is 11.3 Å². The van der Waals surface area contributed by atoms with E-state index in [2.05, 4.69) is 66.2 Å². The van der Waals surface area contributed by atoms with Crippen molar-refractivity contribution in [1.82, 2.24) is 4.90 Å². The molecule has 5 nitrogen and oxygen atoms in total. The summed E-state index contributed by atoms with van der Waals surface area (Å²) in [5.41, 5.74) is 3.41. The molecule has 1 aliphatic carbocycles. The molecule has 1 aliphatic heterocycles. The lowest BCUT2D eigenvalue weighted by Crippen LogP contribution is -2.48. The maximum absolute atomic E-state index is 12.8. The van der Waals surface area contributed by atoms with E-state index in [1.807, 2.05) is 6.07 Å². The number of fused-ring (bicyclic) bond motifs is 1. The van der Waals surface area contributed by atoms with E-state index in [1.165, 1.54) is 16.1 Å². The van der Waals surface area contributed by atoms with Crippen molar-refractivity contribution in [2.24, 2.45) is 11.3 Å². The number of carbonyl (C=O) groups is 1. The molecule has 0 unspecified atom stereocenters. The van der Waals surface area contributed by atoms with Gasteiger partial charge in [-0.3, -0.25) is 9.69 Å². The molecule has 6 heteroatoms. The Labute approximate surface area is 196 Å². The quantitative estimate of drug-likeness (QED) is 0.678. The van der Waals surface area contributed by atoms with Crippen LogP contribution in [0.4, 0.5) is 10.7 Å². The van der Waals surface area contributed by atoms with Crippen LogP contribution in [0, 0.1) is 22.7 Å². The van der Waals surface area contributed by atoms with Gasteiger partial charge in [-0.1, -0.05) is 45.4 Å². The summed E-state index contributed by atoms with van der Waals surface area (Å²) in [4.78, 5) is 18.7. The summed E-state index contributed by atoms with van der Waals surface area (Å²) in [6.07, 6.45) is 4.25. The van der Waals surface area contributed by atoms with Crippen molar-refractivity contribution >= 4 is 27.9 Å². The zero-order valence-electron chi connectivity index (χ0n) is 19.5. The van der Waals surface area contributed by atoms with Gasteiger partial charge in [0, 0.05) is 36.7 Å². The van der Waals surface area contributed by atoms with E-state index in [9.17, 15) is 10.1 Å². The van der Waals surface area contributed by atoms with Crippen LogP contribution in [0.1, 0.15) is 49.6 Å². The standard InChI is InChI=1S/C26H34N4OS/c1-4-26(2,3)19-10-11-21-22(17-27)25(32-23(21)16-19)28-24(31)18-29-12-14-30(15-13-29)20-8-6-5-7-9-20/h5-9,19H,4,10-16,18H2,1-3H3,(H,28,31)/t19-/m1/s1. The van der Waals surface area contributed by atoms with Crippen molar-refractivity contribution in [3.63, 3.8) is 0 Å². The highest BCUT2D eigenvalue weighted by atomic mass is 32.1. The van der Waals surface area contributed by atoms with Gasteiger partial charge in [0.05, 0.1) is 12.1 Å². The summed E-state index contributed by atoms with van der Waals surface area (Å²) < 4.78 is 0. The number of thiophene rings is 1. The number of hydrogen-bond donors (Lipinski definition) is 1. The first-order chi connectivity index (χ1) is 15.4. The molecule has 0 bridgehead atoms. The van der Waals surface area contributed by atoms with Gasteiger partial charge in [-0.2, -0.15) is 5.26 Å². The van der Waals surface area contributed by atoms with Gasteiger partial charge in [0.2, 0.25) is 5.91 Å². The average Bonchev–Trinajstić information content (AvgIpc) is 3.16. The normalized spacial score (nSPS) is 19.3. The Bertz CT molecular complexity index is 983. The number of nitriles is 1. The van der Waals surface area contributed by atoms with E-state index < -0.39 is 0 Å². The molecule has 0 spiro atoms. The molecule has 1 amide bonds. The minimum atomic E-state index is -0.0151. The van der Waals surface area contributed by atoms with Gasteiger partial charge in [0.1, 0.15) is 11.1 Å². The Morgan fingerprint density at radius 2 is 1.94 bits per heavy atom. The highest BCUT2D eigenvalue weighted by Crippen LogP contribution is 2.45. The van der Waals surface area contributed by atoms with E-state index in [4.69, 9.17) is 0 Å². The Morgan fingerprint density at radius 3 is 2.59 bits per heavy atom. The number of hydrogen-bond acceptors (Lipinski definition) is 5.